The van der Waals surface area contributed by atoms with Crippen molar-refractivity contribution in [2.24, 2.45) is 0 Å². The Bertz CT molecular complexity index is 444. The quantitative estimate of drug-likeness (QED) is 0.893. The van der Waals surface area contributed by atoms with E-state index in [1.54, 1.807) is 31.2 Å². The first-order chi connectivity index (χ1) is 8.70. The van der Waals surface area contributed by atoms with Crippen molar-refractivity contribution in [3.05, 3.63) is 24.3 Å². The first-order valence-corrected chi connectivity index (χ1v) is 5.69. The third-order valence-corrected chi connectivity index (χ3v) is 2.46. The second-order valence-corrected chi connectivity index (χ2v) is 3.66. The third kappa shape index (κ3) is 2.71. The second-order valence-electron chi connectivity index (χ2n) is 3.66. The van der Waals surface area contributed by atoms with Crippen LogP contribution in [0.15, 0.2) is 24.3 Å². The summed E-state index contributed by atoms with van der Waals surface area (Å²) >= 11 is 0. The van der Waals surface area contributed by atoms with Crippen LogP contribution in [0.1, 0.15) is 6.92 Å². The van der Waals surface area contributed by atoms with Gasteiger partial charge in [-0.05, 0) is 31.2 Å². The number of rotatable bonds is 3. The van der Waals surface area contributed by atoms with Crippen LogP contribution in [0.4, 0.5) is 21.0 Å². The summed E-state index contributed by atoms with van der Waals surface area (Å²) in [6.07, 6.45) is -0.841. The van der Waals surface area contributed by atoms with Crippen molar-refractivity contribution in [1.29, 1.82) is 0 Å². The Balaban J connectivity index is 2.01. The molecule has 96 valence electrons. The molecule has 2 rings (SSSR count). The molecule has 0 aliphatic carbocycles. The van der Waals surface area contributed by atoms with Gasteiger partial charge in [-0.3, -0.25) is 10.2 Å². The number of hydrogen-bond donors (Lipinski definition) is 1. The van der Waals surface area contributed by atoms with Crippen molar-refractivity contribution in [3.63, 3.8) is 0 Å². The number of anilines is 2. The standard InChI is InChI=1S/C12H14N2O4/c1-2-17-11(15)13-9-3-5-10(6-4-9)14-7-8-18-12(14)16/h3-6H,2,7-8H2,1H3,(H,13,15). The van der Waals surface area contributed by atoms with Crippen LogP contribution in [0, 0.1) is 0 Å². The molecule has 1 aromatic rings. The highest BCUT2D eigenvalue weighted by molar-refractivity contribution is 5.90. The van der Waals surface area contributed by atoms with Gasteiger partial charge in [0.05, 0.1) is 13.2 Å². The maximum atomic E-state index is 11.3. The summed E-state index contributed by atoms with van der Waals surface area (Å²) in [5.74, 6) is 0. The van der Waals surface area contributed by atoms with Crippen LogP contribution < -0.4 is 10.2 Å². The molecule has 6 heteroatoms. The molecule has 1 N–H and O–H groups in total. The van der Waals surface area contributed by atoms with Crippen molar-refractivity contribution < 1.29 is 19.1 Å². The molecule has 0 aromatic heterocycles. The van der Waals surface area contributed by atoms with Crippen LogP contribution >= 0.6 is 0 Å². The predicted molar refractivity (Wildman–Crippen MR) is 65.8 cm³/mol. The van der Waals surface area contributed by atoms with E-state index in [1.807, 2.05) is 0 Å². The molecule has 6 nitrogen and oxygen atoms in total. The normalized spacial score (nSPS) is 14.3. The number of nitrogens with one attached hydrogen (secondary N) is 1. The van der Waals surface area contributed by atoms with Crippen molar-refractivity contribution in [3.8, 4) is 0 Å². The van der Waals surface area contributed by atoms with Gasteiger partial charge in [0.15, 0.2) is 0 Å². The third-order valence-electron chi connectivity index (χ3n) is 2.46. The lowest BCUT2D eigenvalue weighted by Gasteiger charge is -2.13. The zero-order valence-electron chi connectivity index (χ0n) is 10.0. The molecule has 1 saturated heterocycles. The van der Waals surface area contributed by atoms with E-state index in [0.717, 1.165) is 5.69 Å². The summed E-state index contributed by atoms with van der Waals surface area (Å²) in [4.78, 5) is 24.1. The summed E-state index contributed by atoms with van der Waals surface area (Å²) in [6, 6.07) is 6.90. The average molecular weight is 250 g/mol. The molecule has 0 unspecified atom stereocenters. The fourth-order valence-corrected chi connectivity index (χ4v) is 1.64. The molecule has 1 heterocycles. The Hall–Kier alpha value is -2.24. The van der Waals surface area contributed by atoms with Crippen molar-refractivity contribution >= 4 is 23.6 Å². The second kappa shape index (κ2) is 5.39. The number of carbonyl (C=O) groups excluding carboxylic acids is 2. The number of nitrogens with zero attached hydrogens (tertiary/aromatic N) is 1. The Morgan fingerprint density at radius 2 is 2.17 bits per heavy atom. The van der Waals surface area contributed by atoms with Crippen LogP contribution in [-0.2, 0) is 9.47 Å². The summed E-state index contributed by atoms with van der Waals surface area (Å²) in [6.45, 7) is 3.01. The number of benzene rings is 1. The van der Waals surface area contributed by atoms with E-state index in [2.05, 4.69) is 5.32 Å². The smallest absolute Gasteiger partial charge is 0.414 e. The molecule has 2 amide bonds. The Morgan fingerprint density at radius 3 is 2.72 bits per heavy atom. The van der Waals surface area contributed by atoms with E-state index < -0.39 is 6.09 Å². The number of carbonyl (C=O) groups is 2. The van der Waals surface area contributed by atoms with Gasteiger partial charge in [0.25, 0.3) is 0 Å². The largest absolute Gasteiger partial charge is 0.450 e. The molecular weight excluding hydrogens is 236 g/mol. The maximum absolute atomic E-state index is 11.3. The Kier molecular flexibility index (Phi) is 3.66. The van der Waals surface area contributed by atoms with Gasteiger partial charge in [0, 0.05) is 11.4 Å². The minimum absolute atomic E-state index is 0.323. The van der Waals surface area contributed by atoms with Crippen LogP contribution in [0.2, 0.25) is 0 Å². The number of amides is 2. The van der Waals surface area contributed by atoms with Crippen LogP contribution in [0.5, 0.6) is 0 Å². The van der Waals surface area contributed by atoms with E-state index >= 15 is 0 Å². The molecule has 0 radical (unpaired) electrons. The Labute approximate surface area is 104 Å². The van der Waals surface area contributed by atoms with Crippen LogP contribution in [0.3, 0.4) is 0 Å². The summed E-state index contributed by atoms with van der Waals surface area (Å²) < 4.78 is 9.60. The van der Waals surface area contributed by atoms with Crippen molar-refractivity contribution in [2.75, 3.05) is 30.0 Å². The van der Waals surface area contributed by atoms with Gasteiger partial charge in [-0.2, -0.15) is 0 Å². The minimum Gasteiger partial charge on any atom is -0.450 e. The molecule has 0 bridgehead atoms. The van der Waals surface area contributed by atoms with E-state index in [0.29, 0.717) is 25.4 Å². The average Bonchev–Trinajstić information content (AvgIpc) is 2.77. The topological polar surface area (TPSA) is 67.9 Å². The zero-order chi connectivity index (χ0) is 13.0. The van der Waals surface area contributed by atoms with Gasteiger partial charge in [-0.1, -0.05) is 0 Å². The number of cyclic esters (lactones) is 1. The molecule has 0 saturated carbocycles. The lowest BCUT2D eigenvalue weighted by molar-refractivity contribution is 0.168. The lowest BCUT2D eigenvalue weighted by Crippen LogP contribution is -2.23. The van der Waals surface area contributed by atoms with Gasteiger partial charge >= 0.3 is 12.2 Å². The van der Waals surface area contributed by atoms with Gasteiger partial charge in [-0.25, -0.2) is 9.59 Å². The highest BCUT2D eigenvalue weighted by Gasteiger charge is 2.23. The fraction of sp³-hybridized carbons (Fsp3) is 0.333. The van der Waals surface area contributed by atoms with Gasteiger partial charge in [0.1, 0.15) is 6.61 Å². The highest BCUT2D eigenvalue weighted by atomic mass is 16.6. The zero-order valence-corrected chi connectivity index (χ0v) is 10.0. The van der Waals surface area contributed by atoms with Crippen LogP contribution in [-0.4, -0.2) is 31.9 Å². The van der Waals surface area contributed by atoms with Gasteiger partial charge in [-0.15, -0.1) is 0 Å². The predicted octanol–water partition coefficient (Wildman–Crippen LogP) is 2.21. The van der Waals surface area contributed by atoms with Gasteiger partial charge in [0.2, 0.25) is 0 Å². The van der Waals surface area contributed by atoms with Crippen LogP contribution in [0.25, 0.3) is 0 Å². The molecule has 1 aliphatic rings. The molecule has 1 aliphatic heterocycles. The summed E-state index contributed by atoms with van der Waals surface area (Å²) in [5.41, 5.74) is 1.36. The first-order valence-electron chi connectivity index (χ1n) is 5.69. The van der Waals surface area contributed by atoms with E-state index in [4.69, 9.17) is 9.47 Å². The SMILES string of the molecule is CCOC(=O)Nc1ccc(N2CCOC2=O)cc1. The van der Waals surface area contributed by atoms with E-state index in [-0.39, 0.29) is 6.09 Å². The lowest BCUT2D eigenvalue weighted by atomic mass is 10.2. The maximum Gasteiger partial charge on any atom is 0.414 e. The van der Waals surface area contributed by atoms with Crippen molar-refractivity contribution in [2.45, 2.75) is 6.92 Å². The fourth-order valence-electron chi connectivity index (χ4n) is 1.64. The number of ether oxygens (including phenoxy) is 2. The summed E-state index contributed by atoms with van der Waals surface area (Å²) in [7, 11) is 0. The molecular formula is C12H14N2O4. The van der Waals surface area contributed by atoms with Gasteiger partial charge < -0.3 is 9.47 Å². The summed E-state index contributed by atoms with van der Waals surface area (Å²) in [5, 5.41) is 2.58. The number of hydrogen-bond acceptors (Lipinski definition) is 4. The highest BCUT2D eigenvalue weighted by Crippen LogP contribution is 2.21. The van der Waals surface area contributed by atoms with Crippen molar-refractivity contribution in [1.82, 2.24) is 0 Å². The Morgan fingerprint density at radius 1 is 1.44 bits per heavy atom. The molecule has 1 fully saturated rings. The monoisotopic (exact) mass is 250 g/mol. The van der Waals surface area contributed by atoms with E-state index in [1.165, 1.54) is 4.90 Å². The molecule has 0 spiro atoms. The van der Waals surface area contributed by atoms with E-state index in [9.17, 15) is 9.59 Å². The molecule has 0 atom stereocenters. The molecule has 1 aromatic carbocycles. The minimum atomic E-state index is -0.495. The molecule has 18 heavy (non-hydrogen) atoms. The first kappa shape index (κ1) is 12.2.